The molecule has 4 aromatic rings. The van der Waals surface area contributed by atoms with Crippen LogP contribution in [-0.2, 0) is 22.6 Å². The molecule has 3 N–H and O–H groups in total. The van der Waals surface area contributed by atoms with Gasteiger partial charge in [0.2, 0.25) is 11.8 Å². The van der Waals surface area contributed by atoms with Crippen LogP contribution in [0.4, 0.5) is 5.69 Å². The number of fused-ring (bicyclic) bond motifs is 4. The van der Waals surface area contributed by atoms with Gasteiger partial charge in [-0.25, -0.2) is 0 Å². The standard InChI is InChI=1S/C25H26N4O3/c1-15(30)26-20-6-4-8-23-18(20)11-12-29(23)14-24(31)27-22-7-3-5-17-19-13-16(32-2)9-10-21(19)28-25(17)22/h4,6,8-13,22,28H,3,5,7,14H2,1-2H3,(H,26,30)(H,27,31). The number of carbonyl (C=O) groups excluding carboxylic acids is 2. The summed E-state index contributed by atoms with van der Waals surface area (Å²) in [6, 6.07) is 13.6. The van der Waals surface area contributed by atoms with Crippen molar-refractivity contribution in [3.63, 3.8) is 0 Å². The highest BCUT2D eigenvalue weighted by Gasteiger charge is 2.26. The molecular weight excluding hydrogens is 404 g/mol. The van der Waals surface area contributed by atoms with Crippen LogP contribution in [0.2, 0.25) is 0 Å². The first-order valence-electron chi connectivity index (χ1n) is 10.9. The first-order valence-corrected chi connectivity index (χ1v) is 10.9. The van der Waals surface area contributed by atoms with E-state index in [-0.39, 0.29) is 24.4 Å². The Hall–Kier alpha value is -3.74. The molecule has 2 heterocycles. The summed E-state index contributed by atoms with van der Waals surface area (Å²) in [6.45, 7) is 1.70. The molecule has 7 heteroatoms. The predicted molar refractivity (Wildman–Crippen MR) is 125 cm³/mol. The van der Waals surface area contributed by atoms with Gasteiger partial charge in [0.05, 0.1) is 24.4 Å². The van der Waals surface area contributed by atoms with E-state index in [0.29, 0.717) is 0 Å². The summed E-state index contributed by atoms with van der Waals surface area (Å²) in [4.78, 5) is 28.0. The SMILES string of the molecule is COc1ccc2[nH]c3c(c2c1)CCCC3NC(=O)Cn1ccc2c(NC(C)=O)cccc21. The van der Waals surface area contributed by atoms with E-state index in [9.17, 15) is 9.59 Å². The van der Waals surface area contributed by atoms with Crippen LogP contribution in [0, 0.1) is 0 Å². The zero-order valence-corrected chi connectivity index (χ0v) is 18.2. The van der Waals surface area contributed by atoms with Crippen LogP contribution >= 0.6 is 0 Å². The molecule has 0 saturated heterocycles. The van der Waals surface area contributed by atoms with Gasteiger partial charge in [0.15, 0.2) is 0 Å². The summed E-state index contributed by atoms with van der Waals surface area (Å²) in [5.41, 5.74) is 5.09. The molecule has 2 aromatic carbocycles. The molecule has 0 spiro atoms. The number of amides is 2. The summed E-state index contributed by atoms with van der Waals surface area (Å²) in [5, 5.41) is 8.15. The Morgan fingerprint density at radius 1 is 1.19 bits per heavy atom. The highest BCUT2D eigenvalue weighted by molar-refractivity contribution is 6.01. The van der Waals surface area contributed by atoms with Crippen LogP contribution < -0.4 is 15.4 Å². The summed E-state index contributed by atoms with van der Waals surface area (Å²) < 4.78 is 7.30. The van der Waals surface area contributed by atoms with Gasteiger partial charge in [0.1, 0.15) is 12.3 Å². The number of aromatic amines is 1. The number of anilines is 1. The normalized spacial score (nSPS) is 15.5. The fraction of sp³-hybridized carbons (Fsp3) is 0.280. The number of aryl methyl sites for hydroxylation is 1. The number of hydrogen-bond donors (Lipinski definition) is 3. The van der Waals surface area contributed by atoms with E-state index in [1.165, 1.54) is 17.9 Å². The second-order valence-electron chi connectivity index (χ2n) is 8.30. The lowest BCUT2D eigenvalue weighted by Crippen LogP contribution is -2.33. The Bertz CT molecular complexity index is 1330. The van der Waals surface area contributed by atoms with Crippen LogP contribution in [0.3, 0.4) is 0 Å². The van der Waals surface area contributed by atoms with Gasteiger partial charge in [-0.1, -0.05) is 6.07 Å². The topological polar surface area (TPSA) is 88.2 Å². The van der Waals surface area contributed by atoms with Gasteiger partial charge in [-0.15, -0.1) is 0 Å². The van der Waals surface area contributed by atoms with Gasteiger partial charge in [-0.2, -0.15) is 0 Å². The van der Waals surface area contributed by atoms with Crippen molar-refractivity contribution in [3.05, 3.63) is 59.9 Å². The molecule has 0 bridgehead atoms. The smallest absolute Gasteiger partial charge is 0.240 e. The number of nitrogens with zero attached hydrogens (tertiary/aromatic N) is 1. The van der Waals surface area contributed by atoms with E-state index in [1.807, 2.05) is 47.2 Å². The summed E-state index contributed by atoms with van der Waals surface area (Å²) in [5.74, 6) is 0.678. The maximum atomic E-state index is 13.0. The highest BCUT2D eigenvalue weighted by atomic mass is 16.5. The van der Waals surface area contributed by atoms with Crippen LogP contribution in [0.1, 0.15) is 37.1 Å². The monoisotopic (exact) mass is 430 g/mol. The number of carbonyl (C=O) groups is 2. The fourth-order valence-electron chi connectivity index (χ4n) is 4.77. The quantitative estimate of drug-likeness (QED) is 0.441. The summed E-state index contributed by atoms with van der Waals surface area (Å²) in [7, 11) is 1.67. The van der Waals surface area contributed by atoms with Crippen LogP contribution in [0.5, 0.6) is 5.75 Å². The Labute approximate surface area is 185 Å². The second kappa shape index (κ2) is 8.07. The van der Waals surface area contributed by atoms with Crippen LogP contribution in [-0.4, -0.2) is 28.5 Å². The molecule has 7 nitrogen and oxygen atoms in total. The van der Waals surface area contributed by atoms with Crippen molar-refractivity contribution in [2.24, 2.45) is 0 Å². The number of aromatic nitrogens is 2. The lowest BCUT2D eigenvalue weighted by Gasteiger charge is -2.24. The van der Waals surface area contributed by atoms with Crippen molar-refractivity contribution in [1.29, 1.82) is 0 Å². The largest absolute Gasteiger partial charge is 0.497 e. The molecule has 0 saturated carbocycles. The molecule has 1 aliphatic carbocycles. The number of hydrogen-bond acceptors (Lipinski definition) is 3. The van der Waals surface area contributed by atoms with Crippen molar-refractivity contribution >= 4 is 39.3 Å². The molecule has 5 rings (SSSR count). The average Bonchev–Trinajstić information content (AvgIpc) is 3.35. The van der Waals surface area contributed by atoms with E-state index >= 15 is 0 Å². The first-order chi connectivity index (χ1) is 15.5. The van der Waals surface area contributed by atoms with Crippen molar-refractivity contribution in [1.82, 2.24) is 14.9 Å². The van der Waals surface area contributed by atoms with E-state index < -0.39 is 0 Å². The molecular formula is C25H26N4O3. The Kier molecular flexibility index (Phi) is 5.09. The molecule has 1 atom stereocenters. The molecule has 2 aromatic heterocycles. The first kappa shape index (κ1) is 20.2. The van der Waals surface area contributed by atoms with E-state index in [2.05, 4.69) is 21.7 Å². The molecule has 0 radical (unpaired) electrons. The van der Waals surface area contributed by atoms with Crippen LogP contribution in [0.15, 0.2) is 48.7 Å². The number of nitrogens with one attached hydrogen (secondary N) is 3. The van der Waals surface area contributed by atoms with Crippen molar-refractivity contribution in [2.75, 3.05) is 12.4 Å². The zero-order valence-electron chi connectivity index (χ0n) is 18.2. The summed E-state index contributed by atoms with van der Waals surface area (Å²) in [6.07, 6.45) is 4.80. The van der Waals surface area contributed by atoms with E-state index in [1.54, 1.807) is 7.11 Å². The Morgan fingerprint density at radius 3 is 2.88 bits per heavy atom. The maximum absolute atomic E-state index is 13.0. The molecule has 1 aliphatic rings. The minimum absolute atomic E-state index is 0.0403. The second-order valence-corrected chi connectivity index (χ2v) is 8.30. The molecule has 2 amide bonds. The average molecular weight is 431 g/mol. The lowest BCUT2D eigenvalue weighted by atomic mass is 9.91. The molecule has 0 aliphatic heterocycles. The zero-order chi connectivity index (χ0) is 22.2. The third-order valence-electron chi connectivity index (χ3n) is 6.19. The molecule has 1 unspecified atom stereocenters. The number of rotatable bonds is 5. The highest BCUT2D eigenvalue weighted by Crippen LogP contribution is 2.36. The Morgan fingerprint density at radius 2 is 2.06 bits per heavy atom. The third kappa shape index (κ3) is 3.60. The fourth-order valence-corrected chi connectivity index (χ4v) is 4.77. The van der Waals surface area contributed by atoms with E-state index in [4.69, 9.17) is 4.74 Å². The number of ether oxygens (including phenoxy) is 1. The number of benzene rings is 2. The number of methoxy groups -OCH3 is 1. The van der Waals surface area contributed by atoms with Gasteiger partial charge in [-0.05, 0) is 61.2 Å². The minimum Gasteiger partial charge on any atom is -0.497 e. The van der Waals surface area contributed by atoms with Crippen LogP contribution in [0.25, 0.3) is 21.8 Å². The number of H-pyrrole nitrogens is 1. The van der Waals surface area contributed by atoms with Crippen molar-refractivity contribution in [3.8, 4) is 5.75 Å². The molecule has 32 heavy (non-hydrogen) atoms. The van der Waals surface area contributed by atoms with Crippen molar-refractivity contribution in [2.45, 2.75) is 38.8 Å². The molecule has 0 fully saturated rings. The Balaban J connectivity index is 1.37. The lowest BCUT2D eigenvalue weighted by molar-refractivity contribution is -0.122. The van der Waals surface area contributed by atoms with Gasteiger partial charge in [-0.3, -0.25) is 9.59 Å². The van der Waals surface area contributed by atoms with E-state index in [0.717, 1.165) is 52.8 Å². The van der Waals surface area contributed by atoms with Gasteiger partial charge < -0.3 is 24.9 Å². The molecule has 164 valence electrons. The third-order valence-corrected chi connectivity index (χ3v) is 6.19. The van der Waals surface area contributed by atoms with Gasteiger partial charge in [0, 0.05) is 35.1 Å². The predicted octanol–water partition coefficient (Wildman–Crippen LogP) is 4.28. The van der Waals surface area contributed by atoms with Gasteiger partial charge in [0.25, 0.3) is 0 Å². The van der Waals surface area contributed by atoms with Crippen molar-refractivity contribution < 1.29 is 14.3 Å². The maximum Gasteiger partial charge on any atom is 0.240 e. The van der Waals surface area contributed by atoms with Gasteiger partial charge >= 0.3 is 0 Å². The minimum atomic E-state index is -0.118. The summed E-state index contributed by atoms with van der Waals surface area (Å²) >= 11 is 0.